The van der Waals surface area contributed by atoms with Gasteiger partial charge in [-0.2, -0.15) is 0 Å². The third-order valence-electron chi connectivity index (χ3n) is 4.15. The molecule has 0 aliphatic heterocycles. The standard InChI is InChI=1S/C21H21N3O2/c1-16-23-19(18-10-6-3-7-11-18)14-21(26)24(16)15-20(25)22-13-12-17-8-4-2-5-9-17/h2-11,14H,12-13,15H2,1H3,(H,22,25). The highest BCUT2D eigenvalue weighted by molar-refractivity contribution is 5.75. The fourth-order valence-electron chi connectivity index (χ4n) is 2.76. The monoisotopic (exact) mass is 347 g/mol. The minimum Gasteiger partial charge on any atom is -0.354 e. The van der Waals surface area contributed by atoms with E-state index in [-0.39, 0.29) is 18.0 Å². The third kappa shape index (κ3) is 4.45. The lowest BCUT2D eigenvalue weighted by atomic mass is 10.1. The number of rotatable bonds is 6. The summed E-state index contributed by atoms with van der Waals surface area (Å²) >= 11 is 0. The molecule has 0 saturated heterocycles. The predicted octanol–water partition coefficient (Wildman–Crippen LogP) is 2.58. The maximum Gasteiger partial charge on any atom is 0.254 e. The normalized spacial score (nSPS) is 10.5. The smallest absolute Gasteiger partial charge is 0.254 e. The molecule has 0 fully saturated rings. The zero-order valence-electron chi connectivity index (χ0n) is 14.7. The van der Waals surface area contributed by atoms with E-state index in [1.807, 2.05) is 60.7 Å². The van der Waals surface area contributed by atoms with Crippen molar-refractivity contribution in [2.45, 2.75) is 19.9 Å². The van der Waals surface area contributed by atoms with E-state index in [1.54, 1.807) is 6.92 Å². The van der Waals surface area contributed by atoms with Crippen LogP contribution in [0.3, 0.4) is 0 Å². The van der Waals surface area contributed by atoms with E-state index in [2.05, 4.69) is 10.3 Å². The highest BCUT2D eigenvalue weighted by Gasteiger charge is 2.10. The minimum absolute atomic E-state index is 0.0263. The van der Waals surface area contributed by atoms with Crippen LogP contribution in [0.5, 0.6) is 0 Å². The number of benzene rings is 2. The molecule has 0 radical (unpaired) electrons. The van der Waals surface area contributed by atoms with Crippen molar-refractivity contribution in [3.8, 4) is 11.3 Å². The van der Waals surface area contributed by atoms with Crippen LogP contribution in [0.15, 0.2) is 71.5 Å². The van der Waals surface area contributed by atoms with Crippen LogP contribution in [0, 0.1) is 6.92 Å². The molecule has 1 aromatic heterocycles. The van der Waals surface area contributed by atoms with Crippen LogP contribution in [0.2, 0.25) is 0 Å². The van der Waals surface area contributed by atoms with Crippen molar-refractivity contribution in [3.63, 3.8) is 0 Å². The van der Waals surface area contributed by atoms with Crippen LogP contribution in [0.25, 0.3) is 11.3 Å². The highest BCUT2D eigenvalue weighted by atomic mass is 16.2. The van der Waals surface area contributed by atoms with Crippen molar-refractivity contribution in [2.75, 3.05) is 6.54 Å². The second-order valence-electron chi connectivity index (χ2n) is 6.06. The van der Waals surface area contributed by atoms with Gasteiger partial charge in [0.05, 0.1) is 5.69 Å². The predicted molar refractivity (Wildman–Crippen MR) is 102 cm³/mol. The largest absolute Gasteiger partial charge is 0.354 e. The average molecular weight is 347 g/mol. The summed E-state index contributed by atoms with van der Waals surface area (Å²) in [5.74, 6) is 0.329. The van der Waals surface area contributed by atoms with Gasteiger partial charge in [0, 0.05) is 18.2 Å². The zero-order valence-corrected chi connectivity index (χ0v) is 14.7. The molecule has 0 aliphatic rings. The number of amides is 1. The Bertz CT molecular complexity index is 934. The van der Waals surface area contributed by atoms with E-state index in [0.29, 0.717) is 18.1 Å². The average Bonchev–Trinajstić information content (AvgIpc) is 2.66. The topological polar surface area (TPSA) is 64.0 Å². The Labute approximate surface area is 152 Å². The second kappa shape index (κ2) is 8.25. The van der Waals surface area contributed by atoms with Gasteiger partial charge in [0.2, 0.25) is 5.91 Å². The molecule has 0 aliphatic carbocycles. The fourth-order valence-corrected chi connectivity index (χ4v) is 2.76. The first kappa shape index (κ1) is 17.6. The van der Waals surface area contributed by atoms with Crippen molar-refractivity contribution in [2.24, 2.45) is 0 Å². The first-order chi connectivity index (χ1) is 12.6. The van der Waals surface area contributed by atoms with Gasteiger partial charge in [-0.05, 0) is 18.9 Å². The van der Waals surface area contributed by atoms with Gasteiger partial charge in [-0.1, -0.05) is 60.7 Å². The molecule has 5 nitrogen and oxygen atoms in total. The lowest BCUT2D eigenvalue weighted by molar-refractivity contribution is -0.121. The number of nitrogens with one attached hydrogen (secondary N) is 1. The van der Waals surface area contributed by atoms with Crippen LogP contribution >= 0.6 is 0 Å². The molecule has 132 valence electrons. The minimum atomic E-state index is -0.227. The summed E-state index contributed by atoms with van der Waals surface area (Å²) in [4.78, 5) is 29.0. The quantitative estimate of drug-likeness (QED) is 0.745. The van der Waals surface area contributed by atoms with Gasteiger partial charge < -0.3 is 5.32 Å². The molecule has 1 amide bonds. The van der Waals surface area contributed by atoms with Gasteiger partial charge >= 0.3 is 0 Å². The van der Waals surface area contributed by atoms with Crippen molar-refractivity contribution >= 4 is 5.91 Å². The van der Waals surface area contributed by atoms with E-state index in [1.165, 1.54) is 10.6 Å². The molecule has 5 heteroatoms. The molecular formula is C21H21N3O2. The molecule has 0 atom stereocenters. The Hall–Kier alpha value is -3.21. The molecule has 0 bridgehead atoms. The molecule has 1 heterocycles. The summed E-state index contributed by atoms with van der Waals surface area (Å²) in [7, 11) is 0. The summed E-state index contributed by atoms with van der Waals surface area (Å²) in [5.41, 5.74) is 2.44. The third-order valence-corrected chi connectivity index (χ3v) is 4.15. The molecule has 0 spiro atoms. The van der Waals surface area contributed by atoms with E-state index in [0.717, 1.165) is 17.5 Å². The van der Waals surface area contributed by atoms with Crippen molar-refractivity contribution in [3.05, 3.63) is 88.5 Å². The summed E-state index contributed by atoms with van der Waals surface area (Å²) in [5, 5.41) is 2.85. The van der Waals surface area contributed by atoms with Gasteiger partial charge in [0.25, 0.3) is 5.56 Å². The molecule has 26 heavy (non-hydrogen) atoms. The Morgan fingerprint density at radius 1 is 1.04 bits per heavy atom. The Morgan fingerprint density at radius 2 is 1.69 bits per heavy atom. The highest BCUT2D eigenvalue weighted by Crippen LogP contribution is 2.14. The Morgan fingerprint density at radius 3 is 2.35 bits per heavy atom. The molecular weight excluding hydrogens is 326 g/mol. The molecule has 0 saturated carbocycles. The Kier molecular flexibility index (Phi) is 5.59. The van der Waals surface area contributed by atoms with Crippen LogP contribution in [-0.4, -0.2) is 22.0 Å². The first-order valence-electron chi connectivity index (χ1n) is 8.58. The summed E-state index contributed by atoms with van der Waals surface area (Å²) < 4.78 is 1.39. The van der Waals surface area contributed by atoms with Crippen LogP contribution < -0.4 is 10.9 Å². The summed E-state index contributed by atoms with van der Waals surface area (Å²) in [6, 6.07) is 20.9. The first-order valence-corrected chi connectivity index (χ1v) is 8.58. The lowest BCUT2D eigenvalue weighted by Crippen LogP contribution is -2.34. The van der Waals surface area contributed by atoms with Gasteiger partial charge in [-0.15, -0.1) is 0 Å². The number of aromatic nitrogens is 2. The summed E-state index contributed by atoms with van der Waals surface area (Å²) in [6.07, 6.45) is 0.756. The number of carbonyl (C=O) groups is 1. The molecule has 0 unspecified atom stereocenters. The van der Waals surface area contributed by atoms with E-state index in [9.17, 15) is 9.59 Å². The lowest BCUT2D eigenvalue weighted by Gasteiger charge is -2.11. The number of hydrogen-bond acceptors (Lipinski definition) is 3. The van der Waals surface area contributed by atoms with Crippen LogP contribution in [0.1, 0.15) is 11.4 Å². The Balaban J connectivity index is 1.64. The molecule has 1 N–H and O–H groups in total. The number of hydrogen-bond donors (Lipinski definition) is 1. The zero-order chi connectivity index (χ0) is 18.4. The van der Waals surface area contributed by atoms with Crippen LogP contribution in [0.4, 0.5) is 0 Å². The number of nitrogens with zero attached hydrogens (tertiary/aromatic N) is 2. The van der Waals surface area contributed by atoms with E-state index < -0.39 is 0 Å². The van der Waals surface area contributed by atoms with E-state index >= 15 is 0 Å². The van der Waals surface area contributed by atoms with E-state index in [4.69, 9.17) is 0 Å². The SMILES string of the molecule is Cc1nc(-c2ccccc2)cc(=O)n1CC(=O)NCCc1ccccc1. The maximum atomic E-state index is 12.4. The van der Waals surface area contributed by atoms with Crippen LogP contribution in [-0.2, 0) is 17.8 Å². The number of aryl methyl sites for hydroxylation is 1. The molecule has 2 aromatic carbocycles. The van der Waals surface area contributed by atoms with Gasteiger partial charge in [-0.3, -0.25) is 14.2 Å². The maximum absolute atomic E-state index is 12.4. The van der Waals surface area contributed by atoms with Gasteiger partial charge in [0.1, 0.15) is 12.4 Å². The van der Waals surface area contributed by atoms with Crippen molar-refractivity contribution in [1.82, 2.24) is 14.9 Å². The van der Waals surface area contributed by atoms with Crippen molar-refractivity contribution < 1.29 is 4.79 Å². The van der Waals surface area contributed by atoms with Gasteiger partial charge in [0.15, 0.2) is 0 Å². The number of carbonyl (C=O) groups excluding carboxylic acids is 1. The molecule has 3 aromatic rings. The van der Waals surface area contributed by atoms with Gasteiger partial charge in [-0.25, -0.2) is 4.98 Å². The fraction of sp³-hybridized carbons (Fsp3) is 0.190. The summed E-state index contributed by atoms with van der Waals surface area (Å²) in [6.45, 7) is 2.25. The van der Waals surface area contributed by atoms with Crippen molar-refractivity contribution in [1.29, 1.82) is 0 Å². The molecule has 3 rings (SSSR count). The second-order valence-corrected chi connectivity index (χ2v) is 6.06.